The highest BCUT2D eigenvalue weighted by Crippen LogP contribution is 2.43. The second kappa shape index (κ2) is 11.5. The van der Waals surface area contributed by atoms with Crippen LogP contribution in [0.2, 0.25) is 0 Å². The van der Waals surface area contributed by atoms with Gasteiger partial charge in [0.05, 0.1) is 45.1 Å². The van der Waals surface area contributed by atoms with Crippen LogP contribution >= 0.6 is 11.3 Å². The summed E-state index contributed by atoms with van der Waals surface area (Å²) in [6.07, 6.45) is 7.85. The topological polar surface area (TPSA) is 120 Å². The van der Waals surface area contributed by atoms with E-state index in [9.17, 15) is 13.2 Å². The Bertz CT molecular complexity index is 1410. The molecule has 2 N–H and O–H groups in total. The van der Waals surface area contributed by atoms with Gasteiger partial charge in [-0.2, -0.15) is 0 Å². The molecule has 2 heterocycles. The van der Waals surface area contributed by atoms with E-state index in [-0.39, 0.29) is 29.4 Å². The number of ether oxygens (including phenoxy) is 2. The van der Waals surface area contributed by atoms with E-state index in [1.807, 2.05) is 32.0 Å². The first-order valence-corrected chi connectivity index (χ1v) is 15.7. The van der Waals surface area contributed by atoms with Crippen LogP contribution in [0.25, 0.3) is 10.4 Å². The number of hydrogen-bond acceptors (Lipinski definition) is 9. The highest BCUT2D eigenvalue weighted by Gasteiger charge is 2.39. The molecule has 39 heavy (non-hydrogen) atoms. The molecule has 1 amide bonds. The number of rotatable bonds is 9. The minimum atomic E-state index is -3.46. The number of carbonyl (C=O) groups is 1. The fourth-order valence-electron chi connectivity index (χ4n) is 4.84. The van der Waals surface area contributed by atoms with E-state index >= 15 is 0 Å². The molecule has 0 radical (unpaired) electrons. The third kappa shape index (κ3) is 6.52. The summed E-state index contributed by atoms with van der Waals surface area (Å²) in [5.74, 6) is 0.794. The Balaban J connectivity index is 1.33. The minimum Gasteiger partial charge on any atom is -0.481 e. The van der Waals surface area contributed by atoms with Crippen molar-refractivity contribution in [2.75, 3.05) is 12.4 Å². The summed E-state index contributed by atoms with van der Waals surface area (Å²) < 4.78 is 37.2. The van der Waals surface area contributed by atoms with Crippen molar-refractivity contribution in [1.82, 2.24) is 15.3 Å². The summed E-state index contributed by atoms with van der Waals surface area (Å²) in [6.45, 7) is 3.67. The molecule has 0 bridgehead atoms. The summed E-state index contributed by atoms with van der Waals surface area (Å²) in [5, 5.41) is 6.90. The maximum Gasteiger partial charge on any atom is 0.407 e. The third-order valence-corrected chi connectivity index (χ3v) is 10.5. The first kappa shape index (κ1) is 27.4. The van der Waals surface area contributed by atoms with Gasteiger partial charge in [-0.1, -0.05) is 6.07 Å². The van der Waals surface area contributed by atoms with Gasteiger partial charge in [-0.3, -0.25) is 0 Å². The van der Waals surface area contributed by atoms with E-state index in [1.54, 1.807) is 43.0 Å². The number of benzene rings is 1. The van der Waals surface area contributed by atoms with Gasteiger partial charge in [-0.15, -0.1) is 11.3 Å². The third-order valence-electron chi connectivity index (χ3n) is 7.02. The average Bonchev–Trinajstić information content (AvgIpc) is 3.67. The Morgan fingerprint density at radius 3 is 2.38 bits per heavy atom. The van der Waals surface area contributed by atoms with Crippen molar-refractivity contribution in [3.8, 4) is 16.3 Å². The predicted molar refractivity (Wildman–Crippen MR) is 152 cm³/mol. The summed E-state index contributed by atoms with van der Waals surface area (Å²) in [6, 6.07) is 9.16. The number of anilines is 2. The maximum atomic E-state index is 13.5. The number of nitrogens with zero attached hydrogens (tertiary/aromatic N) is 2. The molecule has 0 saturated heterocycles. The number of pyridine rings is 1. The largest absolute Gasteiger partial charge is 0.481 e. The van der Waals surface area contributed by atoms with Gasteiger partial charge in [-0.05, 0) is 70.6 Å². The van der Waals surface area contributed by atoms with Crippen LogP contribution in [0.15, 0.2) is 47.6 Å². The van der Waals surface area contributed by atoms with Crippen LogP contribution in [0, 0.1) is 0 Å². The molecule has 2 aromatic heterocycles. The minimum absolute atomic E-state index is 0.100. The van der Waals surface area contributed by atoms with Crippen LogP contribution in [0.1, 0.15) is 63.3 Å². The monoisotopic (exact) mass is 570 g/mol. The van der Waals surface area contributed by atoms with Gasteiger partial charge in [0.15, 0.2) is 9.84 Å². The lowest BCUT2D eigenvalue weighted by Gasteiger charge is -2.28. The molecule has 11 heteroatoms. The number of amides is 1. The van der Waals surface area contributed by atoms with Gasteiger partial charge in [0.2, 0.25) is 5.88 Å². The van der Waals surface area contributed by atoms with Crippen LogP contribution in [0.3, 0.4) is 0 Å². The molecule has 9 nitrogen and oxygen atoms in total. The number of sulfone groups is 1. The number of thiazole rings is 1. The SMILES string of the molecule is COc1ccc(Nc2ccc(-c3cnc([C@H]4CC[C@H](NC(=O)OC(C)C)CC4)s3)c(S(=O)(=O)C3CC3)c2)cn1. The number of nitrogens with one attached hydrogen (secondary N) is 2. The summed E-state index contributed by atoms with van der Waals surface area (Å²) in [7, 11) is -1.90. The van der Waals surface area contributed by atoms with Gasteiger partial charge < -0.3 is 20.1 Å². The van der Waals surface area contributed by atoms with Crippen LogP contribution in [-0.2, 0) is 14.6 Å². The highest BCUT2D eigenvalue weighted by molar-refractivity contribution is 7.92. The molecule has 0 unspecified atom stereocenters. The normalized spacial score (nSPS) is 19.5. The second-order valence-corrected chi connectivity index (χ2v) is 13.6. The van der Waals surface area contributed by atoms with Crippen molar-refractivity contribution in [2.24, 2.45) is 0 Å². The van der Waals surface area contributed by atoms with Crippen LogP contribution in [0.4, 0.5) is 16.2 Å². The molecule has 0 atom stereocenters. The van der Waals surface area contributed by atoms with Crippen molar-refractivity contribution in [2.45, 2.75) is 80.6 Å². The van der Waals surface area contributed by atoms with Crippen LogP contribution in [-0.4, -0.2) is 49.0 Å². The first-order valence-electron chi connectivity index (χ1n) is 13.3. The summed E-state index contributed by atoms with van der Waals surface area (Å²) >= 11 is 1.56. The number of alkyl carbamates (subject to hydrolysis) is 1. The molecule has 2 fully saturated rings. The second-order valence-electron chi connectivity index (χ2n) is 10.4. The van der Waals surface area contributed by atoms with Gasteiger partial charge in [0.1, 0.15) is 0 Å². The lowest BCUT2D eigenvalue weighted by Crippen LogP contribution is -2.38. The zero-order valence-corrected chi connectivity index (χ0v) is 24.0. The molecule has 2 saturated carbocycles. The van der Waals surface area contributed by atoms with Gasteiger partial charge in [0.25, 0.3) is 0 Å². The average molecular weight is 571 g/mol. The van der Waals surface area contributed by atoms with E-state index in [0.29, 0.717) is 34.9 Å². The molecule has 1 aromatic carbocycles. The van der Waals surface area contributed by atoms with Gasteiger partial charge in [0, 0.05) is 35.5 Å². The summed E-state index contributed by atoms with van der Waals surface area (Å²) in [5.41, 5.74) is 2.10. The summed E-state index contributed by atoms with van der Waals surface area (Å²) in [4.78, 5) is 22.0. The zero-order valence-electron chi connectivity index (χ0n) is 22.3. The Labute approximate surface area is 233 Å². The van der Waals surface area contributed by atoms with Gasteiger partial charge >= 0.3 is 6.09 Å². The van der Waals surface area contributed by atoms with Crippen LogP contribution in [0.5, 0.6) is 5.88 Å². The molecule has 0 aliphatic heterocycles. The number of carbonyl (C=O) groups excluding carboxylic acids is 1. The van der Waals surface area contributed by atoms with E-state index in [0.717, 1.165) is 41.3 Å². The van der Waals surface area contributed by atoms with E-state index in [4.69, 9.17) is 14.5 Å². The van der Waals surface area contributed by atoms with Crippen molar-refractivity contribution < 1.29 is 22.7 Å². The first-order chi connectivity index (χ1) is 18.7. The van der Waals surface area contributed by atoms with E-state index in [1.165, 1.54) is 0 Å². The van der Waals surface area contributed by atoms with Gasteiger partial charge in [-0.25, -0.2) is 23.2 Å². The Morgan fingerprint density at radius 2 is 1.74 bits per heavy atom. The quantitative estimate of drug-likeness (QED) is 0.319. The van der Waals surface area contributed by atoms with Crippen molar-refractivity contribution in [3.05, 3.63) is 47.7 Å². The smallest absolute Gasteiger partial charge is 0.407 e. The number of hydrogen-bond donors (Lipinski definition) is 2. The molecule has 208 valence electrons. The highest BCUT2D eigenvalue weighted by atomic mass is 32.2. The lowest BCUT2D eigenvalue weighted by molar-refractivity contribution is 0.109. The maximum absolute atomic E-state index is 13.5. The fraction of sp³-hybridized carbons (Fsp3) is 0.464. The Kier molecular flexibility index (Phi) is 8.08. The molecule has 2 aliphatic carbocycles. The lowest BCUT2D eigenvalue weighted by atomic mass is 9.86. The molecule has 3 aromatic rings. The zero-order chi connectivity index (χ0) is 27.6. The van der Waals surface area contributed by atoms with Crippen LogP contribution < -0.4 is 15.4 Å². The molecule has 2 aliphatic rings. The Morgan fingerprint density at radius 1 is 1.00 bits per heavy atom. The molecule has 0 spiro atoms. The molecular formula is C28H34N4O5S2. The standard InChI is InChI=1S/C28H34N4O5S2/c1-17(2)37-28(33)32-19-6-4-18(5-7-19)27-30-16-24(38-27)23-12-8-20(14-25(23)39(34,35)22-10-11-22)31-21-9-13-26(36-3)29-15-21/h8-9,12-19,22,31H,4-7,10-11H2,1-3H3,(H,32,33)/t18-,19-. The number of aromatic nitrogens is 2. The predicted octanol–water partition coefficient (Wildman–Crippen LogP) is 6.05. The fourth-order valence-corrected chi connectivity index (χ4v) is 7.92. The van der Waals surface area contributed by atoms with E-state index in [2.05, 4.69) is 15.6 Å². The van der Waals surface area contributed by atoms with Crippen molar-refractivity contribution in [1.29, 1.82) is 0 Å². The van der Waals surface area contributed by atoms with E-state index < -0.39 is 9.84 Å². The van der Waals surface area contributed by atoms with Crippen molar-refractivity contribution in [3.63, 3.8) is 0 Å². The molecular weight excluding hydrogens is 536 g/mol. The number of methoxy groups -OCH3 is 1. The van der Waals surface area contributed by atoms with Crippen molar-refractivity contribution >= 4 is 38.6 Å². The Hall–Kier alpha value is -3.18. The molecule has 5 rings (SSSR count).